The fourth-order valence-corrected chi connectivity index (χ4v) is 1.30. The summed E-state index contributed by atoms with van der Waals surface area (Å²) in [7, 11) is -0.336. The van der Waals surface area contributed by atoms with Crippen LogP contribution in [0.2, 0.25) is 13.1 Å². The van der Waals surface area contributed by atoms with Gasteiger partial charge in [0.1, 0.15) is 8.80 Å². The zero-order chi connectivity index (χ0) is 5.98. The Balaban J connectivity index is 2.77. The van der Waals surface area contributed by atoms with Gasteiger partial charge < -0.3 is 4.42 Å². The number of hydrogen-bond donors (Lipinski definition) is 0. The summed E-state index contributed by atoms with van der Waals surface area (Å²) in [6.07, 6.45) is 1.73. The van der Waals surface area contributed by atoms with Crippen LogP contribution < -0.4 is 5.38 Å². The standard InChI is InChI=1S/C6H9OSi/c1-8(2)6-4-3-5-7-6/h3-5H,1-2H3. The van der Waals surface area contributed by atoms with Gasteiger partial charge in [0.05, 0.1) is 11.6 Å². The van der Waals surface area contributed by atoms with Crippen LogP contribution in [0.15, 0.2) is 22.8 Å². The molecule has 1 rings (SSSR count). The molecular formula is C6H9OSi. The fourth-order valence-electron chi connectivity index (χ4n) is 0.563. The molecule has 0 saturated carbocycles. The minimum Gasteiger partial charge on any atom is -0.475 e. The second-order valence-corrected chi connectivity index (χ2v) is 4.47. The van der Waals surface area contributed by atoms with E-state index in [-0.39, 0.29) is 8.80 Å². The van der Waals surface area contributed by atoms with Crippen molar-refractivity contribution in [2.75, 3.05) is 0 Å². The zero-order valence-corrected chi connectivity index (χ0v) is 6.14. The lowest BCUT2D eigenvalue weighted by molar-refractivity contribution is 0.599. The van der Waals surface area contributed by atoms with Crippen LogP contribution in [0.25, 0.3) is 0 Å². The molecule has 0 atom stereocenters. The highest BCUT2D eigenvalue weighted by Crippen LogP contribution is 1.86. The first-order chi connectivity index (χ1) is 3.80. The van der Waals surface area contributed by atoms with Crippen LogP contribution in [-0.2, 0) is 0 Å². The van der Waals surface area contributed by atoms with Gasteiger partial charge in [-0.15, -0.1) is 0 Å². The lowest BCUT2D eigenvalue weighted by atomic mass is 10.7. The molecule has 0 amide bonds. The third kappa shape index (κ3) is 1.01. The Morgan fingerprint density at radius 2 is 2.25 bits per heavy atom. The van der Waals surface area contributed by atoms with Crippen molar-refractivity contribution in [1.82, 2.24) is 0 Å². The lowest BCUT2D eigenvalue weighted by Crippen LogP contribution is -2.19. The maximum Gasteiger partial charge on any atom is 0.127 e. The van der Waals surface area contributed by atoms with Crippen molar-refractivity contribution in [2.45, 2.75) is 13.1 Å². The van der Waals surface area contributed by atoms with Crippen molar-refractivity contribution < 1.29 is 4.42 Å². The molecule has 0 bridgehead atoms. The van der Waals surface area contributed by atoms with Gasteiger partial charge in [-0.05, 0) is 12.1 Å². The molecule has 0 saturated heterocycles. The summed E-state index contributed by atoms with van der Waals surface area (Å²) in [5.41, 5.74) is 0. The highest BCUT2D eigenvalue weighted by atomic mass is 28.3. The van der Waals surface area contributed by atoms with Gasteiger partial charge in [-0.3, -0.25) is 0 Å². The maximum atomic E-state index is 5.14. The first-order valence-electron chi connectivity index (χ1n) is 2.65. The number of hydrogen-bond acceptors (Lipinski definition) is 1. The molecule has 2 heteroatoms. The van der Waals surface area contributed by atoms with E-state index in [2.05, 4.69) is 13.1 Å². The molecule has 8 heavy (non-hydrogen) atoms. The largest absolute Gasteiger partial charge is 0.475 e. The maximum absolute atomic E-state index is 5.14. The van der Waals surface area contributed by atoms with Crippen LogP contribution >= 0.6 is 0 Å². The van der Waals surface area contributed by atoms with Gasteiger partial charge in [-0.25, -0.2) is 0 Å². The van der Waals surface area contributed by atoms with E-state index in [1.807, 2.05) is 12.1 Å². The molecule has 1 aromatic rings. The molecule has 0 aliphatic carbocycles. The molecule has 1 nitrogen and oxygen atoms in total. The molecule has 0 aliphatic heterocycles. The summed E-state index contributed by atoms with van der Waals surface area (Å²) in [4.78, 5) is 0. The van der Waals surface area contributed by atoms with E-state index in [1.165, 1.54) is 0 Å². The molecule has 0 fully saturated rings. The van der Waals surface area contributed by atoms with E-state index in [0.717, 1.165) is 5.38 Å². The summed E-state index contributed by atoms with van der Waals surface area (Å²) in [6.45, 7) is 4.42. The Morgan fingerprint density at radius 1 is 1.50 bits per heavy atom. The Labute approximate surface area is 50.9 Å². The Morgan fingerprint density at radius 3 is 2.50 bits per heavy atom. The summed E-state index contributed by atoms with van der Waals surface area (Å²) in [6, 6.07) is 3.97. The van der Waals surface area contributed by atoms with E-state index >= 15 is 0 Å². The third-order valence-electron chi connectivity index (χ3n) is 1.01. The van der Waals surface area contributed by atoms with Crippen molar-refractivity contribution in [1.29, 1.82) is 0 Å². The molecule has 0 aromatic carbocycles. The average molecular weight is 125 g/mol. The molecule has 0 unspecified atom stereocenters. The Kier molecular flexibility index (Phi) is 1.53. The highest BCUT2D eigenvalue weighted by molar-refractivity contribution is 6.69. The van der Waals surface area contributed by atoms with Crippen LogP contribution in [-0.4, -0.2) is 8.80 Å². The monoisotopic (exact) mass is 125 g/mol. The molecule has 43 valence electrons. The average Bonchev–Trinajstić information content (AvgIpc) is 2.12. The lowest BCUT2D eigenvalue weighted by Gasteiger charge is -1.92. The van der Waals surface area contributed by atoms with Crippen LogP contribution in [0.1, 0.15) is 0 Å². The van der Waals surface area contributed by atoms with Crippen LogP contribution in [0.3, 0.4) is 0 Å². The molecule has 1 aromatic heterocycles. The second-order valence-electron chi connectivity index (χ2n) is 1.98. The van der Waals surface area contributed by atoms with E-state index in [0.29, 0.717) is 0 Å². The van der Waals surface area contributed by atoms with Crippen molar-refractivity contribution in [3.8, 4) is 0 Å². The fraction of sp³-hybridized carbons (Fsp3) is 0.333. The summed E-state index contributed by atoms with van der Waals surface area (Å²) < 4.78 is 5.14. The van der Waals surface area contributed by atoms with Crippen LogP contribution in [0.4, 0.5) is 0 Å². The summed E-state index contributed by atoms with van der Waals surface area (Å²) >= 11 is 0. The van der Waals surface area contributed by atoms with Crippen molar-refractivity contribution in [2.24, 2.45) is 0 Å². The van der Waals surface area contributed by atoms with Gasteiger partial charge in [0.15, 0.2) is 0 Å². The van der Waals surface area contributed by atoms with Crippen molar-refractivity contribution >= 4 is 14.2 Å². The molecule has 1 radical (unpaired) electrons. The molecular weight excluding hydrogens is 116 g/mol. The predicted octanol–water partition coefficient (Wildman–Crippen LogP) is 1.24. The quantitative estimate of drug-likeness (QED) is 0.515. The van der Waals surface area contributed by atoms with Crippen molar-refractivity contribution in [3.63, 3.8) is 0 Å². The number of furan rings is 1. The molecule has 0 N–H and O–H groups in total. The van der Waals surface area contributed by atoms with Gasteiger partial charge in [-0.2, -0.15) is 0 Å². The topological polar surface area (TPSA) is 13.1 Å². The minimum atomic E-state index is -0.336. The highest BCUT2D eigenvalue weighted by Gasteiger charge is 2.00. The number of rotatable bonds is 1. The van der Waals surface area contributed by atoms with Gasteiger partial charge in [0.2, 0.25) is 0 Å². The van der Waals surface area contributed by atoms with Gasteiger partial charge in [0, 0.05) is 0 Å². The first-order valence-corrected chi connectivity index (χ1v) is 5.15. The smallest absolute Gasteiger partial charge is 0.127 e. The molecule has 1 heterocycles. The van der Waals surface area contributed by atoms with E-state index in [9.17, 15) is 0 Å². The van der Waals surface area contributed by atoms with Crippen LogP contribution in [0, 0.1) is 0 Å². The van der Waals surface area contributed by atoms with Gasteiger partial charge in [-0.1, -0.05) is 13.1 Å². The minimum absolute atomic E-state index is 0.336. The molecule has 0 aliphatic rings. The summed E-state index contributed by atoms with van der Waals surface area (Å²) in [5.74, 6) is 0. The van der Waals surface area contributed by atoms with E-state index < -0.39 is 0 Å². The predicted molar refractivity (Wildman–Crippen MR) is 35.8 cm³/mol. The SMILES string of the molecule is C[Si](C)c1ccco1. The second kappa shape index (κ2) is 2.18. The summed E-state index contributed by atoms with van der Waals surface area (Å²) in [5, 5.41) is 1.16. The van der Waals surface area contributed by atoms with Gasteiger partial charge in [0.25, 0.3) is 0 Å². The first kappa shape index (κ1) is 5.63. The van der Waals surface area contributed by atoms with E-state index in [4.69, 9.17) is 4.42 Å². The molecule has 0 spiro atoms. The normalized spacial score (nSPS) is 10.4. The Bertz CT molecular complexity index is 144. The van der Waals surface area contributed by atoms with E-state index in [1.54, 1.807) is 6.26 Å². The van der Waals surface area contributed by atoms with Crippen molar-refractivity contribution in [3.05, 3.63) is 18.4 Å². The zero-order valence-electron chi connectivity index (χ0n) is 5.14. The Hall–Kier alpha value is -0.503. The third-order valence-corrected chi connectivity index (χ3v) is 2.28. The van der Waals surface area contributed by atoms with Crippen LogP contribution in [0.5, 0.6) is 0 Å². The van der Waals surface area contributed by atoms with Gasteiger partial charge >= 0.3 is 0 Å².